The van der Waals surface area contributed by atoms with Crippen LogP contribution in [0.3, 0.4) is 0 Å². The van der Waals surface area contributed by atoms with E-state index in [1.54, 1.807) is 12.1 Å². The van der Waals surface area contributed by atoms with Crippen LogP contribution in [0.1, 0.15) is 12.5 Å². The third-order valence-electron chi connectivity index (χ3n) is 3.45. The van der Waals surface area contributed by atoms with Gasteiger partial charge in [-0.2, -0.15) is 0 Å². The van der Waals surface area contributed by atoms with Crippen LogP contribution in [-0.2, 0) is 9.53 Å². The standard InChI is InChI=1S/C14H19N3O4/c1-10-7-12(17(19)20)3-4-14(10)16-5-6-21-13(9-16)8-15-11(2)18/h3-4,7,13H,5-6,8-9H2,1-2H3,(H,15,18). The number of aryl methyl sites for hydroxylation is 1. The van der Waals surface area contributed by atoms with E-state index in [0.29, 0.717) is 19.7 Å². The van der Waals surface area contributed by atoms with Crippen molar-refractivity contribution in [2.24, 2.45) is 0 Å². The Morgan fingerprint density at radius 1 is 1.57 bits per heavy atom. The van der Waals surface area contributed by atoms with Crippen molar-refractivity contribution < 1.29 is 14.5 Å². The van der Waals surface area contributed by atoms with E-state index in [2.05, 4.69) is 10.2 Å². The molecule has 7 heteroatoms. The molecule has 0 aliphatic carbocycles. The second kappa shape index (κ2) is 6.53. The first kappa shape index (κ1) is 15.2. The number of benzene rings is 1. The number of carbonyl (C=O) groups excluding carboxylic acids is 1. The largest absolute Gasteiger partial charge is 0.373 e. The van der Waals surface area contributed by atoms with E-state index in [0.717, 1.165) is 17.8 Å². The lowest BCUT2D eigenvalue weighted by atomic mass is 10.1. The summed E-state index contributed by atoms with van der Waals surface area (Å²) < 4.78 is 5.62. The van der Waals surface area contributed by atoms with Gasteiger partial charge in [0.1, 0.15) is 0 Å². The van der Waals surface area contributed by atoms with Gasteiger partial charge in [-0.1, -0.05) is 0 Å². The van der Waals surface area contributed by atoms with Crippen LogP contribution in [0, 0.1) is 17.0 Å². The first-order chi connectivity index (χ1) is 9.97. The van der Waals surface area contributed by atoms with Crippen molar-refractivity contribution in [3.05, 3.63) is 33.9 Å². The molecule has 1 aliphatic heterocycles. The van der Waals surface area contributed by atoms with Crippen LogP contribution in [0.4, 0.5) is 11.4 Å². The summed E-state index contributed by atoms with van der Waals surface area (Å²) in [7, 11) is 0. The quantitative estimate of drug-likeness (QED) is 0.667. The molecule has 1 aliphatic rings. The van der Waals surface area contributed by atoms with Crippen LogP contribution in [-0.4, -0.2) is 43.2 Å². The lowest BCUT2D eigenvalue weighted by Gasteiger charge is -2.35. The number of ether oxygens (including phenoxy) is 1. The third-order valence-corrected chi connectivity index (χ3v) is 3.45. The van der Waals surface area contributed by atoms with E-state index < -0.39 is 4.92 Å². The number of non-ortho nitro benzene ring substituents is 1. The SMILES string of the molecule is CC(=O)NCC1CN(c2ccc([N+](=O)[O-])cc2C)CCO1. The average molecular weight is 293 g/mol. The van der Waals surface area contributed by atoms with Crippen molar-refractivity contribution in [1.82, 2.24) is 5.32 Å². The molecule has 0 bridgehead atoms. The minimum absolute atomic E-state index is 0.0720. The number of amides is 1. The summed E-state index contributed by atoms with van der Waals surface area (Å²) >= 11 is 0. The molecular formula is C14H19N3O4. The number of morpholine rings is 1. The molecule has 0 aromatic heterocycles. The molecule has 0 spiro atoms. The van der Waals surface area contributed by atoms with Gasteiger partial charge < -0.3 is 15.0 Å². The highest BCUT2D eigenvalue weighted by Gasteiger charge is 2.22. The van der Waals surface area contributed by atoms with E-state index in [1.807, 2.05) is 6.92 Å². The molecule has 1 amide bonds. The first-order valence-electron chi connectivity index (χ1n) is 6.83. The van der Waals surface area contributed by atoms with Crippen molar-refractivity contribution in [3.8, 4) is 0 Å². The predicted octanol–water partition coefficient (Wildman–Crippen LogP) is 1.24. The summed E-state index contributed by atoms with van der Waals surface area (Å²) in [6, 6.07) is 4.86. The number of hydrogen-bond donors (Lipinski definition) is 1. The predicted molar refractivity (Wildman–Crippen MR) is 78.5 cm³/mol. The van der Waals surface area contributed by atoms with Gasteiger partial charge in [-0.3, -0.25) is 14.9 Å². The molecule has 1 aromatic carbocycles. The Bertz CT molecular complexity index is 547. The lowest BCUT2D eigenvalue weighted by Crippen LogP contribution is -2.47. The maximum atomic E-state index is 10.9. The van der Waals surface area contributed by atoms with Crippen molar-refractivity contribution >= 4 is 17.3 Å². The van der Waals surface area contributed by atoms with Gasteiger partial charge >= 0.3 is 0 Å². The second-order valence-corrected chi connectivity index (χ2v) is 5.10. The lowest BCUT2D eigenvalue weighted by molar-refractivity contribution is -0.384. The van der Waals surface area contributed by atoms with Crippen molar-refractivity contribution in [3.63, 3.8) is 0 Å². The molecule has 1 heterocycles. The van der Waals surface area contributed by atoms with Crippen LogP contribution in [0.2, 0.25) is 0 Å². The molecule has 0 saturated carbocycles. The van der Waals surface area contributed by atoms with Gasteiger partial charge in [0.25, 0.3) is 5.69 Å². The molecule has 7 nitrogen and oxygen atoms in total. The summed E-state index contributed by atoms with van der Waals surface area (Å²) in [6.07, 6.45) is -0.0720. The van der Waals surface area contributed by atoms with Crippen molar-refractivity contribution in [2.45, 2.75) is 20.0 Å². The Morgan fingerprint density at radius 3 is 2.95 bits per heavy atom. The fourth-order valence-corrected chi connectivity index (χ4v) is 2.43. The number of carbonyl (C=O) groups is 1. The first-order valence-corrected chi connectivity index (χ1v) is 6.83. The number of anilines is 1. The monoisotopic (exact) mass is 293 g/mol. The van der Waals surface area contributed by atoms with Crippen LogP contribution >= 0.6 is 0 Å². The highest BCUT2D eigenvalue weighted by Crippen LogP contribution is 2.26. The molecular weight excluding hydrogens is 274 g/mol. The Hall–Kier alpha value is -2.15. The highest BCUT2D eigenvalue weighted by molar-refractivity contribution is 5.72. The fraction of sp³-hybridized carbons (Fsp3) is 0.500. The number of hydrogen-bond acceptors (Lipinski definition) is 5. The smallest absolute Gasteiger partial charge is 0.269 e. The van der Waals surface area contributed by atoms with Crippen LogP contribution < -0.4 is 10.2 Å². The molecule has 1 saturated heterocycles. The Kier molecular flexibility index (Phi) is 4.74. The van der Waals surface area contributed by atoms with E-state index in [4.69, 9.17) is 4.74 Å². The Morgan fingerprint density at radius 2 is 2.33 bits per heavy atom. The van der Waals surface area contributed by atoms with E-state index in [9.17, 15) is 14.9 Å². The molecule has 1 aromatic rings. The highest BCUT2D eigenvalue weighted by atomic mass is 16.6. The van der Waals surface area contributed by atoms with Gasteiger partial charge in [0.2, 0.25) is 5.91 Å². The van der Waals surface area contributed by atoms with Gasteiger partial charge in [-0.25, -0.2) is 0 Å². The normalized spacial score (nSPS) is 18.4. The maximum Gasteiger partial charge on any atom is 0.269 e. The summed E-state index contributed by atoms with van der Waals surface area (Å²) in [5.74, 6) is -0.0813. The van der Waals surface area contributed by atoms with Gasteiger partial charge in [0, 0.05) is 44.4 Å². The van der Waals surface area contributed by atoms with Gasteiger partial charge in [-0.05, 0) is 18.6 Å². The van der Waals surface area contributed by atoms with Crippen molar-refractivity contribution in [1.29, 1.82) is 0 Å². The molecule has 1 fully saturated rings. The number of nitrogens with zero attached hydrogens (tertiary/aromatic N) is 2. The molecule has 0 radical (unpaired) electrons. The zero-order valence-electron chi connectivity index (χ0n) is 12.2. The minimum atomic E-state index is -0.393. The van der Waals surface area contributed by atoms with Crippen LogP contribution in [0.15, 0.2) is 18.2 Å². The molecule has 1 unspecified atom stereocenters. The zero-order valence-corrected chi connectivity index (χ0v) is 12.2. The average Bonchev–Trinajstić information content (AvgIpc) is 2.45. The van der Waals surface area contributed by atoms with E-state index in [1.165, 1.54) is 13.0 Å². The van der Waals surface area contributed by atoms with Gasteiger partial charge in [0.05, 0.1) is 17.6 Å². The number of nitro groups is 1. The van der Waals surface area contributed by atoms with Gasteiger partial charge in [0.15, 0.2) is 0 Å². The number of nitrogens with one attached hydrogen (secondary N) is 1. The summed E-state index contributed by atoms with van der Waals surface area (Å²) in [4.78, 5) is 23.5. The Labute approximate surface area is 123 Å². The summed E-state index contributed by atoms with van der Waals surface area (Å²) in [6.45, 7) is 5.76. The number of rotatable bonds is 4. The second-order valence-electron chi connectivity index (χ2n) is 5.10. The molecule has 1 atom stereocenters. The topological polar surface area (TPSA) is 84.7 Å². The zero-order chi connectivity index (χ0) is 15.4. The minimum Gasteiger partial charge on any atom is -0.373 e. The van der Waals surface area contributed by atoms with E-state index in [-0.39, 0.29) is 17.7 Å². The maximum absolute atomic E-state index is 10.9. The molecule has 1 N–H and O–H groups in total. The summed E-state index contributed by atoms with van der Waals surface area (Å²) in [5.41, 5.74) is 1.93. The molecule has 114 valence electrons. The molecule has 21 heavy (non-hydrogen) atoms. The fourth-order valence-electron chi connectivity index (χ4n) is 2.43. The molecule has 2 rings (SSSR count). The summed E-state index contributed by atoms with van der Waals surface area (Å²) in [5, 5.41) is 13.5. The number of nitro benzene ring substituents is 1. The van der Waals surface area contributed by atoms with Gasteiger partial charge in [-0.15, -0.1) is 0 Å². The Balaban J connectivity index is 2.07. The van der Waals surface area contributed by atoms with Crippen LogP contribution in [0.5, 0.6) is 0 Å². The van der Waals surface area contributed by atoms with E-state index >= 15 is 0 Å². The van der Waals surface area contributed by atoms with Crippen LogP contribution in [0.25, 0.3) is 0 Å². The van der Waals surface area contributed by atoms with Crippen molar-refractivity contribution in [2.75, 3.05) is 31.1 Å². The third kappa shape index (κ3) is 3.91.